The van der Waals surface area contributed by atoms with Crippen LogP contribution in [-0.2, 0) is 7.05 Å². The summed E-state index contributed by atoms with van der Waals surface area (Å²) in [5.74, 6) is 0.658. The van der Waals surface area contributed by atoms with Gasteiger partial charge in [0.1, 0.15) is 5.52 Å². The molecule has 6 heteroatoms. The van der Waals surface area contributed by atoms with Gasteiger partial charge in [-0.25, -0.2) is 0 Å². The Morgan fingerprint density at radius 3 is 2.68 bits per heavy atom. The van der Waals surface area contributed by atoms with E-state index in [1.54, 1.807) is 19.4 Å². The van der Waals surface area contributed by atoms with Gasteiger partial charge in [-0.2, -0.15) is 0 Å². The highest BCUT2D eigenvalue weighted by molar-refractivity contribution is 6.05. The van der Waals surface area contributed by atoms with E-state index in [-0.39, 0.29) is 17.5 Å². The number of carbonyl (C=O) groups excluding carboxylic acids is 1. The third-order valence-electron chi connectivity index (χ3n) is 5.17. The molecule has 1 N–H and O–H groups in total. The van der Waals surface area contributed by atoms with Gasteiger partial charge in [-0.15, -0.1) is 0 Å². The van der Waals surface area contributed by atoms with E-state index < -0.39 is 0 Å². The molecule has 0 aromatic carbocycles. The van der Waals surface area contributed by atoms with Gasteiger partial charge in [0, 0.05) is 57.6 Å². The zero-order chi connectivity index (χ0) is 18.1. The monoisotopic (exact) mass is 344 g/mol. The predicted octanol–water partition coefficient (Wildman–Crippen LogP) is 2.06. The molecule has 1 amide bonds. The number of aryl methyl sites for hydroxylation is 1. The van der Waals surface area contributed by atoms with Crippen molar-refractivity contribution in [3.05, 3.63) is 34.4 Å². The summed E-state index contributed by atoms with van der Waals surface area (Å²) < 4.78 is 1.48. The van der Waals surface area contributed by atoms with Gasteiger partial charge in [0.15, 0.2) is 0 Å². The minimum absolute atomic E-state index is 0.0116. The maximum absolute atomic E-state index is 13.1. The number of hydrogen-bond acceptors (Lipinski definition) is 3. The zero-order valence-electron chi connectivity index (χ0n) is 15.6. The third-order valence-corrected chi connectivity index (χ3v) is 5.17. The summed E-state index contributed by atoms with van der Waals surface area (Å²) in [5, 5.41) is 0.706. The normalized spacial score (nSPS) is 16.7. The molecule has 2 aromatic rings. The Morgan fingerprint density at radius 2 is 2.04 bits per heavy atom. The van der Waals surface area contributed by atoms with Gasteiger partial charge in [0.2, 0.25) is 0 Å². The summed E-state index contributed by atoms with van der Waals surface area (Å²) in [6.07, 6.45) is 5.37. The Kier molecular flexibility index (Phi) is 4.99. The highest BCUT2D eigenvalue weighted by atomic mass is 16.2. The fourth-order valence-corrected chi connectivity index (χ4v) is 3.80. The lowest BCUT2D eigenvalue weighted by molar-refractivity contribution is 0.0634. The molecule has 3 heterocycles. The van der Waals surface area contributed by atoms with E-state index in [0.29, 0.717) is 22.4 Å². The van der Waals surface area contributed by atoms with Crippen molar-refractivity contribution in [3.8, 4) is 0 Å². The third kappa shape index (κ3) is 3.49. The van der Waals surface area contributed by atoms with Crippen LogP contribution in [0.4, 0.5) is 0 Å². The number of carbonyl (C=O) groups is 1. The maximum atomic E-state index is 13.1. The second-order valence-electron chi connectivity index (χ2n) is 7.57. The van der Waals surface area contributed by atoms with Crippen molar-refractivity contribution in [2.45, 2.75) is 32.7 Å². The average molecular weight is 344 g/mol. The molecule has 1 aliphatic heterocycles. The molecule has 0 radical (unpaired) electrons. The first-order valence-corrected chi connectivity index (χ1v) is 9.04. The number of aromatic amines is 1. The fraction of sp³-hybridized carbons (Fsp3) is 0.579. The second-order valence-corrected chi connectivity index (χ2v) is 7.57. The SMILES string of the molecule is CC(C)CN1CCC(N(C)C(=O)c2cn(C)c(=O)c3[nH]ccc23)CC1. The van der Waals surface area contributed by atoms with Crippen molar-refractivity contribution >= 4 is 16.8 Å². The lowest BCUT2D eigenvalue weighted by Gasteiger charge is -2.37. The summed E-state index contributed by atoms with van der Waals surface area (Å²) in [7, 11) is 3.57. The van der Waals surface area contributed by atoms with E-state index >= 15 is 0 Å². The van der Waals surface area contributed by atoms with Crippen LogP contribution in [0.2, 0.25) is 0 Å². The van der Waals surface area contributed by atoms with E-state index in [0.717, 1.165) is 32.5 Å². The summed E-state index contributed by atoms with van der Waals surface area (Å²) in [6.45, 7) is 7.67. The molecule has 3 rings (SSSR count). The van der Waals surface area contributed by atoms with Crippen molar-refractivity contribution in [1.82, 2.24) is 19.4 Å². The number of H-pyrrole nitrogens is 1. The summed E-state index contributed by atoms with van der Waals surface area (Å²) >= 11 is 0. The van der Waals surface area contributed by atoms with Crippen LogP contribution in [0.3, 0.4) is 0 Å². The van der Waals surface area contributed by atoms with Crippen LogP contribution < -0.4 is 5.56 Å². The first kappa shape index (κ1) is 17.7. The van der Waals surface area contributed by atoms with E-state index in [2.05, 4.69) is 23.7 Å². The molecule has 2 aromatic heterocycles. The Hall–Kier alpha value is -2.08. The van der Waals surface area contributed by atoms with Gasteiger partial charge in [-0.05, 0) is 24.8 Å². The fourth-order valence-electron chi connectivity index (χ4n) is 3.80. The number of pyridine rings is 1. The van der Waals surface area contributed by atoms with Crippen molar-refractivity contribution < 1.29 is 4.79 Å². The number of aromatic nitrogens is 2. The van der Waals surface area contributed by atoms with Gasteiger partial charge in [0.05, 0.1) is 5.56 Å². The van der Waals surface area contributed by atoms with Crippen LogP contribution in [0, 0.1) is 5.92 Å². The lowest BCUT2D eigenvalue weighted by atomic mass is 10.0. The lowest BCUT2D eigenvalue weighted by Crippen LogP contribution is -2.46. The summed E-state index contributed by atoms with van der Waals surface area (Å²) in [4.78, 5) is 32.5. The number of hydrogen-bond donors (Lipinski definition) is 1. The number of likely N-dealkylation sites (tertiary alicyclic amines) is 1. The number of nitrogens with one attached hydrogen (secondary N) is 1. The van der Waals surface area contributed by atoms with Crippen molar-refractivity contribution in [1.29, 1.82) is 0 Å². The zero-order valence-corrected chi connectivity index (χ0v) is 15.6. The first-order chi connectivity index (χ1) is 11.9. The van der Waals surface area contributed by atoms with Crippen LogP contribution in [0.5, 0.6) is 0 Å². The first-order valence-electron chi connectivity index (χ1n) is 9.04. The van der Waals surface area contributed by atoms with Gasteiger partial charge in [-0.3, -0.25) is 9.59 Å². The van der Waals surface area contributed by atoms with Crippen LogP contribution in [0.15, 0.2) is 23.3 Å². The highest BCUT2D eigenvalue weighted by Crippen LogP contribution is 2.21. The number of amides is 1. The second kappa shape index (κ2) is 7.04. The molecule has 1 saturated heterocycles. The number of fused-ring (bicyclic) bond motifs is 1. The topological polar surface area (TPSA) is 61.3 Å². The summed E-state index contributed by atoms with van der Waals surface area (Å²) in [6, 6.07) is 2.06. The van der Waals surface area contributed by atoms with Gasteiger partial charge in [0.25, 0.3) is 11.5 Å². The largest absolute Gasteiger partial charge is 0.357 e. The summed E-state index contributed by atoms with van der Waals surface area (Å²) in [5.41, 5.74) is 0.972. The van der Waals surface area contributed by atoms with Crippen molar-refractivity contribution in [2.24, 2.45) is 13.0 Å². The Bertz CT molecular complexity index is 812. The number of rotatable bonds is 4. The number of piperidine rings is 1. The molecule has 6 nitrogen and oxygen atoms in total. The van der Waals surface area contributed by atoms with E-state index in [1.165, 1.54) is 4.57 Å². The van der Waals surface area contributed by atoms with Gasteiger partial charge in [-0.1, -0.05) is 13.8 Å². The number of nitrogens with zero attached hydrogens (tertiary/aromatic N) is 3. The Labute approximate surface area is 148 Å². The van der Waals surface area contributed by atoms with Gasteiger partial charge >= 0.3 is 0 Å². The van der Waals surface area contributed by atoms with Crippen LogP contribution in [0.1, 0.15) is 37.0 Å². The van der Waals surface area contributed by atoms with E-state index in [4.69, 9.17) is 0 Å². The molecule has 0 saturated carbocycles. The molecule has 25 heavy (non-hydrogen) atoms. The molecule has 0 unspecified atom stereocenters. The van der Waals surface area contributed by atoms with E-state index in [9.17, 15) is 9.59 Å². The molecule has 136 valence electrons. The van der Waals surface area contributed by atoms with E-state index in [1.807, 2.05) is 18.0 Å². The standard InChI is InChI=1S/C19H28N4O2/c1-13(2)11-23-9-6-14(7-10-23)22(4)18(24)16-12-21(3)19(25)17-15(16)5-8-20-17/h5,8,12-14,20H,6-7,9-11H2,1-4H3. The van der Waals surface area contributed by atoms with Crippen molar-refractivity contribution in [2.75, 3.05) is 26.7 Å². The molecular formula is C19H28N4O2. The quantitative estimate of drug-likeness (QED) is 0.923. The molecule has 0 aliphatic carbocycles. The minimum atomic E-state index is -0.110. The van der Waals surface area contributed by atoms with Crippen LogP contribution in [-0.4, -0.2) is 58.0 Å². The molecule has 0 bridgehead atoms. The minimum Gasteiger partial charge on any atom is -0.357 e. The molecule has 1 fully saturated rings. The predicted molar refractivity (Wildman–Crippen MR) is 99.9 cm³/mol. The van der Waals surface area contributed by atoms with Crippen LogP contribution in [0.25, 0.3) is 10.9 Å². The highest BCUT2D eigenvalue weighted by Gasteiger charge is 2.27. The smallest absolute Gasteiger partial charge is 0.274 e. The van der Waals surface area contributed by atoms with Crippen LogP contribution >= 0.6 is 0 Å². The molecule has 1 aliphatic rings. The van der Waals surface area contributed by atoms with Gasteiger partial charge < -0.3 is 19.4 Å². The maximum Gasteiger partial charge on any atom is 0.274 e. The Balaban J connectivity index is 1.77. The molecule has 0 atom stereocenters. The van der Waals surface area contributed by atoms with Crippen molar-refractivity contribution in [3.63, 3.8) is 0 Å². The Morgan fingerprint density at radius 1 is 1.36 bits per heavy atom. The molecular weight excluding hydrogens is 316 g/mol. The average Bonchev–Trinajstić information content (AvgIpc) is 3.07. The molecule has 0 spiro atoms.